The Morgan fingerprint density at radius 1 is 1.14 bits per heavy atom. The molecule has 2 aromatic heterocycles. The molecule has 28 heavy (non-hydrogen) atoms. The highest BCUT2D eigenvalue weighted by Gasteiger charge is 2.14. The first-order chi connectivity index (χ1) is 13.7. The van der Waals surface area contributed by atoms with Crippen molar-refractivity contribution in [2.24, 2.45) is 0 Å². The van der Waals surface area contributed by atoms with Gasteiger partial charge in [0.05, 0.1) is 31.1 Å². The van der Waals surface area contributed by atoms with Crippen molar-refractivity contribution in [3.05, 3.63) is 48.7 Å². The van der Waals surface area contributed by atoms with Crippen LogP contribution in [0.5, 0.6) is 11.5 Å². The Bertz CT molecular complexity index is 1080. The maximum absolute atomic E-state index is 11.2. The molecule has 0 saturated heterocycles. The molecule has 4 aromatic rings. The van der Waals surface area contributed by atoms with Gasteiger partial charge >= 0.3 is 0 Å². The molecule has 144 valence electrons. The van der Waals surface area contributed by atoms with Gasteiger partial charge in [-0.2, -0.15) is 0 Å². The molecule has 0 aliphatic carbocycles. The highest BCUT2D eigenvalue weighted by Crippen LogP contribution is 2.37. The lowest BCUT2D eigenvalue weighted by Gasteiger charge is -2.13. The summed E-state index contributed by atoms with van der Waals surface area (Å²) < 4.78 is 22.8. The number of methoxy groups -OCH3 is 1. The molecular weight excluding hydrogens is 374 g/mol. The number of ether oxygens (including phenoxy) is 2. The largest absolute Gasteiger partial charge is 0.617 e. The second kappa shape index (κ2) is 8.08. The zero-order valence-corrected chi connectivity index (χ0v) is 16.6. The van der Waals surface area contributed by atoms with Gasteiger partial charge in [0.15, 0.2) is 5.65 Å². The van der Waals surface area contributed by atoms with E-state index in [2.05, 4.69) is 15.0 Å². The third-order valence-electron chi connectivity index (χ3n) is 4.51. The predicted octanol–water partition coefficient (Wildman–Crippen LogP) is 3.93. The van der Waals surface area contributed by atoms with E-state index in [4.69, 9.17) is 9.47 Å². The molecule has 1 unspecified atom stereocenters. The van der Waals surface area contributed by atoms with Crippen LogP contribution in [0, 0.1) is 0 Å². The number of nitrogens with one attached hydrogen (secondary N) is 1. The van der Waals surface area contributed by atoms with Crippen LogP contribution >= 0.6 is 0 Å². The molecular formula is C21H21N3O3S. The van der Waals surface area contributed by atoms with Crippen LogP contribution in [0.1, 0.15) is 6.42 Å². The second-order valence-electron chi connectivity index (χ2n) is 6.47. The van der Waals surface area contributed by atoms with Gasteiger partial charge in [-0.1, -0.05) is 23.3 Å². The molecule has 0 spiro atoms. The van der Waals surface area contributed by atoms with E-state index >= 15 is 0 Å². The molecule has 1 N–H and O–H groups in total. The fourth-order valence-electron chi connectivity index (χ4n) is 3.17. The van der Waals surface area contributed by atoms with Crippen molar-refractivity contribution in [1.82, 2.24) is 15.0 Å². The third-order valence-corrected chi connectivity index (χ3v) is 5.37. The first-order valence-electron chi connectivity index (χ1n) is 9.00. The SMILES string of the molecule is COc1cc2c(OCCC[S+](C)[O-])cccc2cc1-c1nc2ncccc2[nH]1. The van der Waals surface area contributed by atoms with E-state index in [-0.39, 0.29) is 0 Å². The van der Waals surface area contributed by atoms with E-state index in [1.54, 1.807) is 19.6 Å². The quantitative estimate of drug-likeness (QED) is 0.379. The van der Waals surface area contributed by atoms with Gasteiger partial charge in [-0.05, 0) is 35.7 Å². The average molecular weight is 395 g/mol. The number of imidazole rings is 1. The molecule has 0 saturated carbocycles. The van der Waals surface area contributed by atoms with Gasteiger partial charge in [-0.3, -0.25) is 0 Å². The van der Waals surface area contributed by atoms with Crippen LogP contribution in [-0.2, 0) is 11.2 Å². The fourth-order valence-corrected chi connectivity index (χ4v) is 3.70. The van der Waals surface area contributed by atoms with Crippen molar-refractivity contribution in [3.8, 4) is 22.9 Å². The molecule has 7 heteroatoms. The second-order valence-corrected chi connectivity index (χ2v) is 8.02. The average Bonchev–Trinajstić information content (AvgIpc) is 3.14. The van der Waals surface area contributed by atoms with E-state index in [9.17, 15) is 4.55 Å². The Balaban J connectivity index is 1.71. The summed E-state index contributed by atoms with van der Waals surface area (Å²) in [4.78, 5) is 12.2. The van der Waals surface area contributed by atoms with Crippen LogP contribution in [0.15, 0.2) is 48.7 Å². The van der Waals surface area contributed by atoms with Crippen LogP contribution in [0.4, 0.5) is 0 Å². The molecule has 2 heterocycles. The molecule has 0 aliphatic rings. The molecule has 0 aliphatic heterocycles. The molecule has 6 nitrogen and oxygen atoms in total. The summed E-state index contributed by atoms with van der Waals surface area (Å²) >= 11 is -0.802. The highest BCUT2D eigenvalue weighted by atomic mass is 32.2. The molecule has 0 fully saturated rings. The van der Waals surface area contributed by atoms with Gasteiger partial charge in [-0.25, -0.2) is 9.97 Å². The number of benzene rings is 2. The lowest BCUT2D eigenvalue weighted by Crippen LogP contribution is -2.08. The van der Waals surface area contributed by atoms with Crippen molar-refractivity contribution in [1.29, 1.82) is 0 Å². The highest BCUT2D eigenvalue weighted by molar-refractivity contribution is 7.90. The van der Waals surface area contributed by atoms with E-state index in [1.165, 1.54) is 0 Å². The summed E-state index contributed by atoms with van der Waals surface area (Å²) in [6, 6.07) is 13.8. The number of rotatable bonds is 7. The number of nitrogens with zero attached hydrogens (tertiary/aromatic N) is 2. The van der Waals surface area contributed by atoms with E-state index in [0.29, 0.717) is 29.6 Å². The minimum absolute atomic E-state index is 0.526. The zero-order chi connectivity index (χ0) is 19.5. The van der Waals surface area contributed by atoms with Gasteiger partial charge in [0.25, 0.3) is 0 Å². The summed E-state index contributed by atoms with van der Waals surface area (Å²) in [7, 11) is 1.64. The van der Waals surface area contributed by atoms with Crippen molar-refractivity contribution >= 4 is 33.1 Å². The van der Waals surface area contributed by atoms with Gasteiger partial charge in [0.2, 0.25) is 0 Å². The molecule has 4 rings (SSSR count). The van der Waals surface area contributed by atoms with Crippen LogP contribution < -0.4 is 9.47 Å². The molecule has 0 amide bonds. The minimum Gasteiger partial charge on any atom is -0.617 e. The van der Waals surface area contributed by atoms with Gasteiger partial charge in [0, 0.05) is 18.0 Å². The number of hydrogen-bond donors (Lipinski definition) is 1. The summed E-state index contributed by atoms with van der Waals surface area (Å²) in [6.07, 6.45) is 4.18. The van der Waals surface area contributed by atoms with Crippen LogP contribution in [0.2, 0.25) is 0 Å². The Hall–Kier alpha value is -2.77. The number of pyridine rings is 1. The first-order valence-corrected chi connectivity index (χ1v) is 10.7. The minimum atomic E-state index is -0.802. The summed E-state index contributed by atoms with van der Waals surface area (Å²) in [5.41, 5.74) is 2.42. The lowest BCUT2D eigenvalue weighted by molar-refractivity contribution is 0.321. The lowest BCUT2D eigenvalue weighted by atomic mass is 10.0. The topological polar surface area (TPSA) is 83.1 Å². The van der Waals surface area contributed by atoms with Crippen molar-refractivity contribution in [2.45, 2.75) is 6.42 Å². The maximum atomic E-state index is 11.2. The van der Waals surface area contributed by atoms with Crippen LogP contribution in [-0.4, -0.2) is 45.2 Å². The summed E-state index contributed by atoms with van der Waals surface area (Å²) in [6.45, 7) is 0.526. The van der Waals surface area contributed by atoms with Crippen molar-refractivity contribution in [2.75, 3.05) is 25.7 Å². The fraction of sp³-hybridized carbons (Fsp3) is 0.238. The number of aromatic nitrogens is 3. The van der Waals surface area contributed by atoms with Gasteiger partial charge in [-0.15, -0.1) is 0 Å². The van der Waals surface area contributed by atoms with Crippen molar-refractivity contribution in [3.63, 3.8) is 0 Å². The van der Waals surface area contributed by atoms with E-state index < -0.39 is 11.2 Å². The Labute approximate surface area is 166 Å². The number of hydrogen-bond acceptors (Lipinski definition) is 5. The molecule has 2 aromatic carbocycles. The number of H-pyrrole nitrogens is 1. The molecule has 0 bridgehead atoms. The Kier molecular flexibility index (Phi) is 5.36. The van der Waals surface area contributed by atoms with Crippen LogP contribution in [0.25, 0.3) is 33.3 Å². The maximum Gasteiger partial charge on any atom is 0.178 e. The van der Waals surface area contributed by atoms with E-state index in [0.717, 1.165) is 34.0 Å². The van der Waals surface area contributed by atoms with Gasteiger partial charge < -0.3 is 19.0 Å². The zero-order valence-electron chi connectivity index (χ0n) is 15.8. The number of fused-ring (bicyclic) bond motifs is 2. The van der Waals surface area contributed by atoms with Gasteiger partial charge in [0.1, 0.15) is 23.1 Å². The van der Waals surface area contributed by atoms with E-state index in [1.807, 2.05) is 42.5 Å². The Morgan fingerprint density at radius 2 is 2.04 bits per heavy atom. The third kappa shape index (κ3) is 3.76. The molecule has 1 atom stereocenters. The molecule has 0 radical (unpaired) electrons. The standard InChI is InChI=1S/C21H21N3O3S/c1-26-19-13-15-14(6-3-8-18(15)27-10-5-11-28(2)25)12-16(19)20-23-17-7-4-9-22-21(17)24-20/h3-4,6-9,12-13H,5,10-11H2,1-2H3,(H,22,23,24). The number of aromatic amines is 1. The van der Waals surface area contributed by atoms with Crippen molar-refractivity contribution < 1.29 is 14.0 Å². The normalized spacial score (nSPS) is 12.4. The summed E-state index contributed by atoms with van der Waals surface area (Å²) in [5.74, 6) is 2.84. The Morgan fingerprint density at radius 3 is 2.82 bits per heavy atom. The predicted molar refractivity (Wildman–Crippen MR) is 112 cm³/mol. The monoisotopic (exact) mass is 395 g/mol. The smallest absolute Gasteiger partial charge is 0.178 e. The first kappa shape index (κ1) is 18.6. The summed E-state index contributed by atoms with van der Waals surface area (Å²) in [5, 5.41) is 2.00. The van der Waals surface area contributed by atoms with Crippen LogP contribution in [0.3, 0.4) is 0 Å².